The van der Waals surface area contributed by atoms with E-state index in [1.54, 1.807) is 19.9 Å². The highest BCUT2D eigenvalue weighted by Crippen LogP contribution is 2.40. The summed E-state index contributed by atoms with van der Waals surface area (Å²) in [4.78, 5) is 39.6. The second kappa shape index (κ2) is 12.7. The fraction of sp³-hybridized carbons (Fsp3) is 0.400. The lowest BCUT2D eigenvalue weighted by Gasteiger charge is -2.32. The Morgan fingerprint density at radius 1 is 1.03 bits per heavy atom. The summed E-state index contributed by atoms with van der Waals surface area (Å²) in [5.74, 6) is -2.11. The molecule has 0 saturated heterocycles. The Labute approximate surface area is 229 Å². The molecule has 9 heteroatoms. The number of methoxy groups -OCH3 is 1. The minimum absolute atomic E-state index is 0.141. The normalized spacial score (nSPS) is 15.7. The lowest BCUT2D eigenvalue weighted by molar-refractivity contribution is -0.384. The van der Waals surface area contributed by atoms with Crippen molar-refractivity contribution < 1.29 is 24.0 Å². The fourth-order valence-corrected chi connectivity index (χ4v) is 4.96. The van der Waals surface area contributed by atoms with Crippen molar-refractivity contribution in [2.75, 3.05) is 33.9 Å². The third-order valence-electron chi connectivity index (χ3n) is 6.72. The molecule has 1 N–H and O–H groups in total. The topological polar surface area (TPSA) is 111 Å². The van der Waals surface area contributed by atoms with Crippen LogP contribution in [0.15, 0.2) is 77.1 Å². The number of hydrogen-bond donors (Lipinski definition) is 1. The van der Waals surface area contributed by atoms with E-state index in [1.807, 2.05) is 39.1 Å². The first-order valence-electron chi connectivity index (χ1n) is 12.8. The maximum Gasteiger partial charge on any atom is 0.336 e. The van der Waals surface area contributed by atoms with Gasteiger partial charge >= 0.3 is 11.9 Å². The van der Waals surface area contributed by atoms with Crippen LogP contribution in [0, 0.1) is 15.5 Å². The Hall–Kier alpha value is -3.98. The lowest BCUT2D eigenvalue weighted by atomic mass is 9.80. The lowest BCUT2D eigenvalue weighted by Crippen LogP contribution is -2.37. The average Bonchev–Trinajstić information content (AvgIpc) is 2.90. The van der Waals surface area contributed by atoms with Gasteiger partial charge in [-0.15, -0.1) is 0 Å². The van der Waals surface area contributed by atoms with Crippen molar-refractivity contribution in [1.82, 2.24) is 10.2 Å². The summed E-state index contributed by atoms with van der Waals surface area (Å²) in [5.41, 5.74) is 2.64. The molecule has 0 aliphatic carbocycles. The third-order valence-corrected chi connectivity index (χ3v) is 6.72. The Kier molecular flexibility index (Phi) is 9.64. The Balaban J connectivity index is 1.80. The van der Waals surface area contributed by atoms with Crippen LogP contribution in [0.3, 0.4) is 0 Å². The van der Waals surface area contributed by atoms with Crippen LogP contribution in [-0.4, -0.2) is 55.6 Å². The predicted molar refractivity (Wildman–Crippen MR) is 149 cm³/mol. The summed E-state index contributed by atoms with van der Waals surface area (Å²) in [6, 6.07) is 16.2. The molecule has 2 aromatic rings. The van der Waals surface area contributed by atoms with Crippen molar-refractivity contribution in [3.05, 3.63) is 98.4 Å². The number of nitro benzene ring substituents is 1. The Morgan fingerprint density at radius 2 is 1.67 bits per heavy atom. The molecule has 1 atom stereocenters. The second-order valence-electron chi connectivity index (χ2n) is 10.7. The standard InChI is InChI=1S/C30H37N3O6/c1-20-25(28(34)38-6)27(23-13-10-14-24(17-23)33(36)37)26(21(2)31-20)29(35)39-19-30(3,4)18-32(5)16-15-22-11-8-7-9-12-22/h7-14,17,27,31H,15-16,18-19H2,1-6H3. The second-order valence-corrected chi connectivity index (χ2v) is 10.7. The van der Waals surface area contributed by atoms with Gasteiger partial charge in [-0.3, -0.25) is 10.1 Å². The maximum absolute atomic E-state index is 13.6. The number of hydrogen-bond acceptors (Lipinski definition) is 8. The van der Waals surface area contributed by atoms with Gasteiger partial charge in [0, 0.05) is 42.0 Å². The molecule has 1 aliphatic rings. The first-order valence-corrected chi connectivity index (χ1v) is 12.8. The molecule has 1 heterocycles. The average molecular weight is 536 g/mol. The van der Waals surface area contributed by atoms with Gasteiger partial charge in [0.2, 0.25) is 0 Å². The number of dihydropyridines is 1. The molecule has 0 amide bonds. The van der Waals surface area contributed by atoms with Crippen LogP contribution in [0.5, 0.6) is 0 Å². The van der Waals surface area contributed by atoms with Crippen molar-refractivity contribution in [2.24, 2.45) is 5.41 Å². The molecule has 9 nitrogen and oxygen atoms in total. The Bertz CT molecular complexity index is 1280. The number of nitrogens with zero attached hydrogens (tertiary/aromatic N) is 2. The number of carbonyl (C=O) groups excluding carboxylic acids is 2. The largest absolute Gasteiger partial charge is 0.466 e. The summed E-state index contributed by atoms with van der Waals surface area (Å²) in [5, 5.41) is 14.6. The number of benzene rings is 2. The molecule has 208 valence electrons. The van der Waals surface area contributed by atoms with Crippen molar-refractivity contribution >= 4 is 17.6 Å². The highest BCUT2D eigenvalue weighted by molar-refractivity contribution is 5.99. The van der Waals surface area contributed by atoms with Crippen molar-refractivity contribution in [1.29, 1.82) is 0 Å². The number of nitrogens with one attached hydrogen (secondary N) is 1. The summed E-state index contributed by atoms with van der Waals surface area (Å²) >= 11 is 0. The van der Waals surface area contributed by atoms with Gasteiger partial charge in [-0.25, -0.2) is 9.59 Å². The van der Waals surface area contributed by atoms with E-state index in [1.165, 1.54) is 30.9 Å². The van der Waals surface area contributed by atoms with E-state index >= 15 is 0 Å². The first kappa shape index (κ1) is 29.6. The number of esters is 2. The van der Waals surface area contributed by atoms with Gasteiger partial charge in [0.1, 0.15) is 0 Å². The highest BCUT2D eigenvalue weighted by Gasteiger charge is 2.39. The summed E-state index contributed by atoms with van der Waals surface area (Å²) in [7, 11) is 3.30. The van der Waals surface area contributed by atoms with Gasteiger partial charge < -0.3 is 19.7 Å². The maximum atomic E-state index is 13.6. The van der Waals surface area contributed by atoms with Crippen LogP contribution >= 0.6 is 0 Å². The summed E-state index contributed by atoms with van der Waals surface area (Å²) in [6.07, 6.45) is 0.915. The molecule has 0 spiro atoms. The highest BCUT2D eigenvalue weighted by atomic mass is 16.6. The van der Waals surface area contributed by atoms with Crippen LogP contribution in [0.25, 0.3) is 0 Å². The van der Waals surface area contributed by atoms with E-state index in [0.29, 0.717) is 23.5 Å². The molecule has 0 saturated carbocycles. The van der Waals surface area contributed by atoms with Gasteiger partial charge in [-0.1, -0.05) is 56.3 Å². The molecule has 0 fully saturated rings. The van der Waals surface area contributed by atoms with E-state index in [4.69, 9.17) is 9.47 Å². The Morgan fingerprint density at radius 3 is 2.28 bits per heavy atom. The zero-order chi connectivity index (χ0) is 28.7. The van der Waals surface area contributed by atoms with Gasteiger partial charge in [-0.05, 0) is 38.4 Å². The minimum Gasteiger partial charge on any atom is -0.466 e. The minimum atomic E-state index is -0.886. The number of ether oxygens (including phenoxy) is 2. The van der Waals surface area contributed by atoms with Gasteiger partial charge in [0.15, 0.2) is 0 Å². The molecule has 1 aliphatic heterocycles. The number of allylic oxidation sites excluding steroid dienone is 2. The molecule has 1 unspecified atom stereocenters. The molecule has 0 radical (unpaired) electrons. The van der Waals surface area contributed by atoms with E-state index in [2.05, 4.69) is 22.3 Å². The van der Waals surface area contributed by atoms with Gasteiger partial charge in [0.05, 0.1) is 35.7 Å². The van der Waals surface area contributed by atoms with Crippen LogP contribution in [0.1, 0.15) is 44.7 Å². The summed E-state index contributed by atoms with van der Waals surface area (Å²) < 4.78 is 10.8. The van der Waals surface area contributed by atoms with Crippen molar-refractivity contribution in [3.63, 3.8) is 0 Å². The van der Waals surface area contributed by atoms with E-state index in [-0.39, 0.29) is 28.9 Å². The van der Waals surface area contributed by atoms with Crippen molar-refractivity contribution in [2.45, 2.75) is 40.0 Å². The van der Waals surface area contributed by atoms with Gasteiger partial charge in [-0.2, -0.15) is 0 Å². The number of likely N-dealkylation sites (N-methyl/N-ethyl adjacent to an activating group) is 1. The van der Waals surface area contributed by atoms with Crippen molar-refractivity contribution in [3.8, 4) is 0 Å². The van der Waals surface area contributed by atoms with Crippen LogP contribution in [0.4, 0.5) is 5.69 Å². The number of nitro groups is 1. The molecular weight excluding hydrogens is 498 g/mol. The van der Waals surface area contributed by atoms with Crippen LogP contribution < -0.4 is 5.32 Å². The van der Waals surface area contributed by atoms with E-state index in [9.17, 15) is 19.7 Å². The monoisotopic (exact) mass is 535 g/mol. The number of rotatable bonds is 11. The van der Waals surface area contributed by atoms with Crippen LogP contribution in [0.2, 0.25) is 0 Å². The fourth-order valence-electron chi connectivity index (χ4n) is 4.96. The molecule has 0 aromatic heterocycles. The molecule has 39 heavy (non-hydrogen) atoms. The van der Waals surface area contributed by atoms with E-state index < -0.39 is 22.8 Å². The molecule has 3 rings (SSSR count). The predicted octanol–water partition coefficient (Wildman–Crippen LogP) is 4.75. The summed E-state index contributed by atoms with van der Waals surface area (Å²) in [6.45, 7) is 9.19. The molecule has 2 aromatic carbocycles. The first-order chi connectivity index (χ1) is 18.4. The quantitative estimate of drug-likeness (QED) is 0.249. The zero-order valence-electron chi connectivity index (χ0n) is 23.4. The number of non-ortho nitro benzene ring substituents is 1. The number of carbonyl (C=O) groups is 2. The smallest absolute Gasteiger partial charge is 0.336 e. The molecule has 0 bridgehead atoms. The zero-order valence-corrected chi connectivity index (χ0v) is 23.4. The van der Waals surface area contributed by atoms with E-state index in [0.717, 1.165) is 13.0 Å². The van der Waals surface area contributed by atoms with Gasteiger partial charge in [0.25, 0.3) is 5.69 Å². The third kappa shape index (κ3) is 7.54. The molecular formula is C30H37N3O6. The van der Waals surface area contributed by atoms with Crippen LogP contribution in [-0.2, 0) is 25.5 Å². The SMILES string of the molecule is COC(=O)C1=C(C)NC(C)=C(C(=O)OCC(C)(C)CN(C)CCc2ccccc2)C1c1cccc([N+](=O)[O-])c1.